The number of rotatable bonds is 4. The summed E-state index contributed by atoms with van der Waals surface area (Å²) in [6.45, 7) is 5.72. The molecule has 1 amide bonds. The summed E-state index contributed by atoms with van der Waals surface area (Å²) < 4.78 is 12.2. The van der Waals surface area contributed by atoms with Crippen LogP contribution < -0.4 is 10.6 Å². The van der Waals surface area contributed by atoms with E-state index in [1.54, 1.807) is 0 Å². The summed E-state index contributed by atoms with van der Waals surface area (Å²) in [6.07, 6.45) is 2.28. The second-order valence-corrected chi connectivity index (χ2v) is 12.1. The molecule has 0 aromatic rings. The van der Waals surface area contributed by atoms with Gasteiger partial charge in [-0.2, -0.15) is 0 Å². The first-order valence-electron chi connectivity index (χ1n) is 13.3. The maximum Gasteiger partial charge on any atom is 0.290 e. The third-order valence-corrected chi connectivity index (χ3v) is 8.97. The molecule has 0 aromatic carbocycles. The molecule has 10 nitrogen and oxygen atoms in total. The van der Waals surface area contributed by atoms with Crippen molar-refractivity contribution in [3.63, 3.8) is 0 Å². The van der Waals surface area contributed by atoms with Crippen LogP contribution in [0.15, 0.2) is 0 Å². The largest absolute Gasteiger partial charge is 0.483 e. The average Bonchev–Trinajstić information content (AvgIpc) is 3.12. The minimum Gasteiger partial charge on any atom is -0.483 e. The zero-order valence-corrected chi connectivity index (χ0v) is 22.1. The number of amides is 1. The van der Waals surface area contributed by atoms with Gasteiger partial charge in [-0.15, -0.1) is 11.8 Å². The van der Waals surface area contributed by atoms with E-state index in [9.17, 15) is 20.1 Å². The summed E-state index contributed by atoms with van der Waals surface area (Å²) in [5.41, 5.74) is -0.608. The topological polar surface area (TPSA) is 158 Å². The van der Waals surface area contributed by atoms with Gasteiger partial charge in [0.05, 0.1) is 12.1 Å². The third kappa shape index (κ3) is 7.55. The highest BCUT2D eigenvalue weighted by molar-refractivity contribution is 7.99. The van der Waals surface area contributed by atoms with Crippen LogP contribution in [0.2, 0.25) is 0 Å². The summed E-state index contributed by atoms with van der Waals surface area (Å²) in [6, 6.07) is -0.860. The Kier molecular flexibility index (Phi) is 11.7. The molecule has 0 aliphatic carbocycles. The van der Waals surface area contributed by atoms with Gasteiger partial charge >= 0.3 is 0 Å². The Morgan fingerprint density at radius 2 is 1.86 bits per heavy atom. The molecule has 10 atom stereocenters. The SMILES string of the molecule is CC(C)C[C@@H]1CCO[C@@H]2[C@H](CN[C@@H]2C(=O)N[C@@H]2CCCCCS[C@H]3O[C@H]2[C@H](O)[C@H](O)[C@H]3O)C1.O=CO. The molecular formula is C25H44N2O8S. The van der Waals surface area contributed by atoms with Crippen LogP contribution >= 0.6 is 11.8 Å². The molecule has 4 aliphatic rings. The van der Waals surface area contributed by atoms with Crippen molar-refractivity contribution in [3.05, 3.63) is 0 Å². The zero-order valence-electron chi connectivity index (χ0n) is 21.3. The van der Waals surface area contributed by atoms with Crippen molar-refractivity contribution in [1.29, 1.82) is 0 Å². The number of thioether (sulfide) groups is 1. The van der Waals surface area contributed by atoms with Crippen LogP contribution in [-0.4, -0.2) is 99.7 Å². The second-order valence-electron chi connectivity index (χ2n) is 10.9. The highest BCUT2D eigenvalue weighted by atomic mass is 32.2. The molecule has 4 rings (SSSR count). The van der Waals surface area contributed by atoms with Gasteiger partial charge in [-0.05, 0) is 55.6 Å². The molecular weight excluding hydrogens is 488 g/mol. The number of hydrogen-bond acceptors (Lipinski definition) is 9. The van der Waals surface area contributed by atoms with Crippen molar-refractivity contribution >= 4 is 24.1 Å². The van der Waals surface area contributed by atoms with Crippen LogP contribution in [0.25, 0.3) is 0 Å². The number of aliphatic hydroxyl groups excluding tert-OH is 3. The molecule has 36 heavy (non-hydrogen) atoms. The molecule has 4 saturated heterocycles. The van der Waals surface area contributed by atoms with Crippen LogP contribution in [0.3, 0.4) is 0 Å². The second kappa shape index (κ2) is 14.3. The summed E-state index contributed by atoms with van der Waals surface area (Å²) in [5, 5.41) is 44.9. The fraction of sp³-hybridized carbons (Fsp3) is 0.920. The van der Waals surface area contributed by atoms with Gasteiger partial charge in [-0.25, -0.2) is 0 Å². The lowest BCUT2D eigenvalue weighted by atomic mass is 9.85. The number of hydrogen-bond donors (Lipinski definition) is 6. The van der Waals surface area contributed by atoms with Gasteiger partial charge in [0.15, 0.2) is 0 Å². The Morgan fingerprint density at radius 3 is 2.58 bits per heavy atom. The van der Waals surface area contributed by atoms with E-state index >= 15 is 0 Å². The molecule has 0 radical (unpaired) electrons. The minimum atomic E-state index is -1.29. The van der Waals surface area contributed by atoms with Gasteiger partial charge in [0.2, 0.25) is 5.91 Å². The maximum atomic E-state index is 13.4. The molecule has 0 aromatic heterocycles. The van der Waals surface area contributed by atoms with E-state index in [2.05, 4.69) is 24.5 Å². The highest BCUT2D eigenvalue weighted by Crippen LogP contribution is 2.35. The van der Waals surface area contributed by atoms with Gasteiger partial charge in [0.1, 0.15) is 35.9 Å². The molecule has 6 N–H and O–H groups in total. The first-order chi connectivity index (χ1) is 17.3. The van der Waals surface area contributed by atoms with E-state index in [1.165, 1.54) is 18.2 Å². The smallest absolute Gasteiger partial charge is 0.290 e. The molecule has 0 spiro atoms. The Bertz CT molecular complexity index is 701. The third-order valence-electron chi connectivity index (χ3n) is 7.73. The number of carbonyl (C=O) groups is 2. The lowest BCUT2D eigenvalue weighted by Gasteiger charge is -2.44. The predicted octanol–water partition coefficient (Wildman–Crippen LogP) is 0.716. The van der Waals surface area contributed by atoms with E-state index < -0.39 is 41.9 Å². The van der Waals surface area contributed by atoms with E-state index in [4.69, 9.17) is 19.4 Å². The van der Waals surface area contributed by atoms with Crippen LogP contribution in [0.1, 0.15) is 58.8 Å². The van der Waals surface area contributed by atoms with Gasteiger partial charge in [-0.1, -0.05) is 26.7 Å². The lowest BCUT2D eigenvalue weighted by Crippen LogP contribution is -2.64. The molecule has 4 fully saturated rings. The minimum absolute atomic E-state index is 0.132. The van der Waals surface area contributed by atoms with Gasteiger partial charge < -0.3 is 40.5 Å². The molecule has 0 unspecified atom stereocenters. The number of ether oxygens (including phenoxy) is 2. The standard InChI is InChI=1S/C24H42N2O6S.CH2O2/c1-13(2)10-14-7-8-31-21-15(11-14)12-25-17(21)23(30)26-16-6-4-3-5-9-33-24-20(29)18(27)19(28)22(16)32-24;2-1-3/h13-22,24-25,27-29H,3-12H2,1-2H3,(H,26,30);1H,(H,2,3)/t14-,15-,16+,17-,18-,19+,20+,21+,22+,24+;/m0./s1. The van der Waals surface area contributed by atoms with Crippen LogP contribution in [0, 0.1) is 17.8 Å². The summed E-state index contributed by atoms with van der Waals surface area (Å²) in [4.78, 5) is 21.8. The number of carbonyl (C=O) groups excluding carboxylic acids is 1. The zero-order chi connectivity index (χ0) is 26.2. The molecule has 2 bridgehead atoms. The van der Waals surface area contributed by atoms with Gasteiger partial charge in [0, 0.05) is 13.2 Å². The van der Waals surface area contributed by atoms with Crippen molar-refractivity contribution in [3.8, 4) is 0 Å². The molecule has 0 saturated carbocycles. The summed E-state index contributed by atoms with van der Waals surface area (Å²) >= 11 is 1.47. The van der Waals surface area contributed by atoms with Crippen LogP contribution in [0.4, 0.5) is 0 Å². The first-order valence-corrected chi connectivity index (χ1v) is 14.4. The van der Waals surface area contributed by atoms with E-state index in [1.807, 2.05) is 0 Å². The molecule has 4 aliphatic heterocycles. The first kappa shape index (κ1) is 29.6. The van der Waals surface area contributed by atoms with Crippen molar-refractivity contribution in [2.24, 2.45) is 17.8 Å². The van der Waals surface area contributed by atoms with Crippen LogP contribution in [-0.2, 0) is 19.1 Å². The molecule has 4 heterocycles. The summed E-state index contributed by atoms with van der Waals surface area (Å²) in [7, 11) is 0. The molecule has 11 heteroatoms. The van der Waals surface area contributed by atoms with E-state index in [0.29, 0.717) is 30.8 Å². The van der Waals surface area contributed by atoms with Crippen molar-refractivity contribution in [2.75, 3.05) is 18.9 Å². The fourth-order valence-electron chi connectivity index (χ4n) is 6.05. The quantitative estimate of drug-likeness (QED) is 0.285. The Labute approximate surface area is 217 Å². The number of fused-ring (bicyclic) bond motifs is 3. The lowest BCUT2D eigenvalue weighted by molar-refractivity contribution is -0.206. The average molecular weight is 533 g/mol. The Balaban J connectivity index is 0.00000115. The van der Waals surface area contributed by atoms with Gasteiger partial charge in [0.25, 0.3) is 6.47 Å². The Hall–Kier alpha value is -0.950. The van der Waals surface area contributed by atoms with Crippen molar-refractivity contribution < 1.29 is 39.5 Å². The monoisotopic (exact) mass is 532 g/mol. The normalized spacial score (nSPS) is 41.3. The van der Waals surface area contributed by atoms with Gasteiger partial charge in [-0.3, -0.25) is 9.59 Å². The Morgan fingerprint density at radius 1 is 1.11 bits per heavy atom. The highest BCUT2D eigenvalue weighted by Gasteiger charge is 2.49. The maximum absolute atomic E-state index is 13.4. The summed E-state index contributed by atoms with van der Waals surface area (Å²) in [5.74, 6) is 2.32. The number of carboxylic acid groups (broad SMARTS) is 1. The predicted molar refractivity (Wildman–Crippen MR) is 135 cm³/mol. The number of aliphatic hydroxyl groups is 3. The van der Waals surface area contributed by atoms with E-state index in [-0.39, 0.29) is 18.5 Å². The number of nitrogens with one attached hydrogen (secondary N) is 2. The van der Waals surface area contributed by atoms with E-state index in [0.717, 1.165) is 44.4 Å². The van der Waals surface area contributed by atoms with Crippen molar-refractivity contribution in [2.45, 2.75) is 107 Å². The van der Waals surface area contributed by atoms with Crippen molar-refractivity contribution in [1.82, 2.24) is 10.6 Å². The molecule has 208 valence electrons. The van der Waals surface area contributed by atoms with Crippen LogP contribution in [0.5, 0.6) is 0 Å². The fourth-order valence-corrected chi connectivity index (χ4v) is 7.22.